The minimum absolute atomic E-state index is 0.00883. The summed E-state index contributed by atoms with van der Waals surface area (Å²) in [7, 11) is 0. The Bertz CT molecular complexity index is 575. The first-order chi connectivity index (χ1) is 11.5. The summed E-state index contributed by atoms with van der Waals surface area (Å²) in [5, 5.41) is 2.87. The molecule has 1 aliphatic heterocycles. The Balaban J connectivity index is 1.72. The van der Waals surface area contributed by atoms with Gasteiger partial charge in [0.2, 0.25) is 11.8 Å². The van der Waals surface area contributed by atoms with Crippen LogP contribution in [0.3, 0.4) is 0 Å². The lowest BCUT2D eigenvalue weighted by Crippen LogP contribution is -2.52. The highest BCUT2D eigenvalue weighted by Gasteiger charge is 2.22. The molecule has 1 saturated heterocycles. The highest BCUT2D eigenvalue weighted by molar-refractivity contribution is 8.00. The summed E-state index contributed by atoms with van der Waals surface area (Å²) in [5.74, 6) is -0.0416. The van der Waals surface area contributed by atoms with E-state index in [2.05, 4.69) is 5.32 Å². The van der Waals surface area contributed by atoms with Crippen LogP contribution in [0.2, 0.25) is 0 Å². The average molecular weight is 353 g/mol. The molecule has 24 heavy (non-hydrogen) atoms. The second kappa shape index (κ2) is 9.03. The Morgan fingerprint density at radius 3 is 2.50 bits per heavy atom. The maximum absolute atomic E-state index is 13.6. The Kier molecular flexibility index (Phi) is 7.05. The molecule has 2 amide bonds. The second-order valence-corrected chi connectivity index (χ2v) is 7.12. The molecule has 0 unspecified atom stereocenters. The highest BCUT2D eigenvalue weighted by Crippen LogP contribution is 2.21. The first kappa shape index (κ1) is 18.7. The summed E-state index contributed by atoms with van der Waals surface area (Å²) in [6, 6.07) is 6.61. The molecular formula is C17H24FN3O2S. The fraction of sp³-hybridized carbons (Fsp3) is 0.529. The highest BCUT2D eigenvalue weighted by atomic mass is 32.2. The number of amides is 2. The van der Waals surface area contributed by atoms with Crippen LogP contribution in [0.25, 0.3) is 0 Å². The summed E-state index contributed by atoms with van der Waals surface area (Å²) in [5.41, 5.74) is 0. The third-order valence-electron chi connectivity index (χ3n) is 3.73. The van der Waals surface area contributed by atoms with Gasteiger partial charge in [0, 0.05) is 37.1 Å². The first-order valence-electron chi connectivity index (χ1n) is 8.12. The van der Waals surface area contributed by atoms with Crippen molar-refractivity contribution in [1.29, 1.82) is 0 Å². The molecule has 2 rings (SSSR count). The molecule has 0 spiro atoms. The molecule has 1 heterocycles. The smallest absolute Gasteiger partial charge is 0.234 e. The van der Waals surface area contributed by atoms with Crippen LogP contribution in [0, 0.1) is 5.82 Å². The van der Waals surface area contributed by atoms with E-state index in [0.29, 0.717) is 37.6 Å². The van der Waals surface area contributed by atoms with Gasteiger partial charge in [-0.05, 0) is 26.0 Å². The van der Waals surface area contributed by atoms with Gasteiger partial charge in [-0.25, -0.2) is 4.39 Å². The molecule has 0 radical (unpaired) electrons. The average Bonchev–Trinajstić information content (AvgIpc) is 2.53. The van der Waals surface area contributed by atoms with Gasteiger partial charge in [0.05, 0.1) is 12.3 Å². The van der Waals surface area contributed by atoms with Gasteiger partial charge >= 0.3 is 0 Å². The van der Waals surface area contributed by atoms with E-state index in [1.54, 1.807) is 23.1 Å². The van der Waals surface area contributed by atoms with E-state index >= 15 is 0 Å². The van der Waals surface area contributed by atoms with Gasteiger partial charge in [0.25, 0.3) is 0 Å². The molecule has 5 nitrogen and oxygen atoms in total. The topological polar surface area (TPSA) is 52.7 Å². The quantitative estimate of drug-likeness (QED) is 0.789. The van der Waals surface area contributed by atoms with E-state index in [-0.39, 0.29) is 29.4 Å². The molecule has 132 valence electrons. The van der Waals surface area contributed by atoms with Gasteiger partial charge in [-0.1, -0.05) is 12.1 Å². The molecule has 0 saturated carbocycles. The molecule has 7 heteroatoms. The Hall–Kier alpha value is -1.60. The SMILES string of the molecule is CC(C)NC(=O)CN1CCN(C(=O)CSc2ccccc2F)CC1. The molecule has 1 aromatic rings. The number of rotatable bonds is 6. The Morgan fingerprint density at radius 2 is 1.88 bits per heavy atom. The molecule has 0 aliphatic carbocycles. The number of benzene rings is 1. The van der Waals surface area contributed by atoms with Crippen LogP contribution in [0.15, 0.2) is 29.2 Å². The normalized spacial score (nSPS) is 15.6. The van der Waals surface area contributed by atoms with Crippen LogP contribution in [0.5, 0.6) is 0 Å². The summed E-state index contributed by atoms with van der Waals surface area (Å²) in [6.07, 6.45) is 0. The van der Waals surface area contributed by atoms with Crippen molar-refractivity contribution >= 4 is 23.6 Å². The van der Waals surface area contributed by atoms with Gasteiger partial charge in [-0.2, -0.15) is 0 Å². The summed E-state index contributed by atoms with van der Waals surface area (Å²) in [6.45, 7) is 6.80. The number of hydrogen-bond acceptors (Lipinski definition) is 4. The van der Waals surface area contributed by atoms with Crippen molar-refractivity contribution in [2.24, 2.45) is 0 Å². The number of nitrogens with zero attached hydrogens (tertiary/aromatic N) is 2. The van der Waals surface area contributed by atoms with Crippen LogP contribution in [0.4, 0.5) is 4.39 Å². The lowest BCUT2D eigenvalue weighted by atomic mass is 10.3. The predicted octanol–water partition coefficient (Wildman–Crippen LogP) is 1.59. The van der Waals surface area contributed by atoms with Crippen molar-refractivity contribution in [3.8, 4) is 0 Å². The monoisotopic (exact) mass is 353 g/mol. The van der Waals surface area contributed by atoms with Crippen molar-refractivity contribution < 1.29 is 14.0 Å². The van der Waals surface area contributed by atoms with Crippen LogP contribution in [-0.4, -0.2) is 66.1 Å². The molecule has 0 aromatic heterocycles. The standard InChI is InChI=1S/C17H24FN3O2S/c1-13(2)19-16(22)11-20-7-9-21(10-8-20)17(23)12-24-15-6-4-3-5-14(15)18/h3-6,13H,7-12H2,1-2H3,(H,19,22). The Morgan fingerprint density at radius 1 is 1.21 bits per heavy atom. The van der Waals surface area contributed by atoms with Crippen LogP contribution >= 0.6 is 11.8 Å². The number of thioether (sulfide) groups is 1. The van der Waals surface area contributed by atoms with Crippen molar-refractivity contribution in [1.82, 2.24) is 15.1 Å². The zero-order valence-electron chi connectivity index (χ0n) is 14.1. The third kappa shape index (κ3) is 5.79. The van der Waals surface area contributed by atoms with E-state index in [1.807, 2.05) is 18.7 Å². The third-order valence-corrected chi connectivity index (χ3v) is 4.76. The second-order valence-electron chi connectivity index (χ2n) is 6.10. The zero-order valence-corrected chi connectivity index (χ0v) is 14.9. The summed E-state index contributed by atoms with van der Waals surface area (Å²) < 4.78 is 13.6. The lowest BCUT2D eigenvalue weighted by Gasteiger charge is -2.34. The molecule has 0 bridgehead atoms. The van der Waals surface area contributed by atoms with Gasteiger partial charge in [-0.15, -0.1) is 11.8 Å². The lowest BCUT2D eigenvalue weighted by molar-refractivity contribution is -0.130. The van der Waals surface area contributed by atoms with Crippen molar-refractivity contribution in [2.45, 2.75) is 24.8 Å². The number of nitrogens with one attached hydrogen (secondary N) is 1. The molecule has 1 aliphatic rings. The summed E-state index contributed by atoms with van der Waals surface area (Å²) in [4.78, 5) is 28.3. The minimum Gasteiger partial charge on any atom is -0.353 e. The van der Waals surface area contributed by atoms with Crippen molar-refractivity contribution in [3.05, 3.63) is 30.1 Å². The van der Waals surface area contributed by atoms with Gasteiger partial charge in [0.15, 0.2) is 0 Å². The zero-order chi connectivity index (χ0) is 17.5. The van der Waals surface area contributed by atoms with Crippen LogP contribution in [0.1, 0.15) is 13.8 Å². The predicted molar refractivity (Wildman–Crippen MR) is 93.4 cm³/mol. The Labute approximate surface area is 146 Å². The fourth-order valence-electron chi connectivity index (χ4n) is 2.52. The number of carbonyl (C=O) groups is 2. The van der Waals surface area contributed by atoms with E-state index in [9.17, 15) is 14.0 Å². The number of hydrogen-bond donors (Lipinski definition) is 1. The van der Waals surface area contributed by atoms with Gasteiger partial charge < -0.3 is 10.2 Å². The van der Waals surface area contributed by atoms with E-state index in [4.69, 9.17) is 0 Å². The fourth-order valence-corrected chi connectivity index (χ4v) is 3.36. The molecule has 0 atom stereocenters. The van der Waals surface area contributed by atoms with Crippen molar-refractivity contribution in [3.63, 3.8) is 0 Å². The van der Waals surface area contributed by atoms with Crippen LogP contribution in [-0.2, 0) is 9.59 Å². The van der Waals surface area contributed by atoms with E-state index in [1.165, 1.54) is 17.8 Å². The van der Waals surface area contributed by atoms with Crippen molar-refractivity contribution in [2.75, 3.05) is 38.5 Å². The summed E-state index contributed by atoms with van der Waals surface area (Å²) >= 11 is 1.22. The number of carbonyl (C=O) groups excluding carboxylic acids is 2. The first-order valence-corrected chi connectivity index (χ1v) is 9.11. The maximum atomic E-state index is 13.6. The van der Waals surface area contributed by atoms with E-state index in [0.717, 1.165) is 0 Å². The molecule has 1 fully saturated rings. The number of halogens is 1. The minimum atomic E-state index is -0.295. The largest absolute Gasteiger partial charge is 0.353 e. The molecular weight excluding hydrogens is 329 g/mol. The molecule has 1 N–H and O–H groups in total. The van der Waals surface area contributed by atoms with Crippen LogP contribution < -0.4 is 5.32 Å². The number of piperazine rings is 1. The van der Waals surface area contributed by atoms with Gasteiger partial charge in [-0.3, -0.25) is 14.5 Å². The van der Waals surface area contributed by atoms with Gasteiger partial charge in [0.1, 0.15) is 5.82 Å². The van der Waals surface area contributed by atoms with E-state index < -0.39 is 0 Å². The molecule has 1 aromatic carbocycles. The maximum Gasteiger partial charge on any atom is 0.234 e.